The number of amides is 2. The molecule has 0 bridgehead atoms. The lowest BCUT2D eigenvalue weighted by molar-refractivity contribution is -0.136. The van der Waals surface area contributed by atoms with Gasteiger partial charge >= 0.3 is 0 Å². The van der Waals surface area contributed by atoms with Crippen molar-refractivity contribution in [3.05, 3.63) is 11.8 Å². The highest BCUT2D eigenvalue weighted by Gasteiger charge is 2.38. The summed E-state index contributed by atoms with van der Waals surface area (Å²) in [5, 5.41) is 10.5. The molecule has 0 saturated carbocycles. The lowest BCUT2D eigenvalue weighted by Crippen LogP contribution is -2.57. The van der Waals surface area contributed by atoms with Gasteiger partial charge in [0.1, 0.15) is 6.04 Å². The van der Waals surface area contributed by atoms with Crippen molar-refractivity contribution in [3.63, 3.8) is 0 Å². The lowest BCUT2D eigenvalue weighted by atomic mass is 10.1. The van der Waals surface area contributed by atoms with Crippen LogP contribution in [0.4, 0.5) is 0 Å². The first kappa shape index (κ1) is 15.8. The molecule has 0 unspecified atom stereocenters. The predicted molar refractivity (Wildman–Crippen MR) is 78.6 cm³/mol. The molecule has 7 nitrogen and oxygen atoms in total. The van der Waals surface area contributed by atoms with E-state index < -0.39 is 10.8 Å². The number of nitrogens with one attached hydrogen (secondary N) is 1. The van der Waals surface area contributed by atoms with Gasteiger partial charge in [-0.2, -0.15) is 0 Å². The van der Waals surface area contributed by atoms with Crippen LogP contribution in [0, 0.1) is 0 Å². The summed E-state index contributed by atoms with van der Waals surface area (Å²) in [4.78, 5) is 25.8. The second-order valence-electron chi connectivity index (χ2n) is 5.48. The number of carbonyl (C=O) groups excluding carboxylic acids is 2. The summed E-state index contributed by atoms with van der Waals surface area (Å²) in [6.45, 7) is 5.86. The van der Waals surface area contributed by atoms with Crippen molar-refractivity contribution in [1.29, 1.82) is 0 Å². The van der Waals surface area contributed by atoms with Crippen LogP contribution < -0.4 is 5.32 Å². The van der Waals surface area contributed by atoms with E-state index in [4.69, 9.17) is 4.42 Å². The summed E-state index contributed by atoms with van der Waals surface area (Å²) in [7, 11) is 1.66. The smallest absolute Gasteiger partial charge is 0.246 e. The highest BCUT2D eigenvalue weighted by Crippen LogP contribution is 2.29. The monoisotopic (exact) mass is 312 g/mol. The highest BCUT2D eigenvalue weighted by molar-refractivity contribution is 8.01. The molecule has 0 radical (unpaired) electrons. The van der Waals surface area contributed by atoms with E-state index in [1.165, 1.54) is 16.7 Å². The molecular weight excluding hydrogens is 292 g/mol. The third kappa shape index (κ3) is 3.55. The summed E-state index contributed by atoms with van der Waals surface area (Å²) in [5.41, 5.74) is 0. The minimum absolute atomic E-state index is 0.114. The van der Waals surface area contributed by atoms with Gasteiger partial charge in [-0.05, 0) is 13.8 Å². The van der Waals surface area contributed by atoms with E-state index in [1.54, 1.807) is 7.05 Å². The summed E-state index contributed by atoms with van der Waals surface area (Å²) in [5.74, 6) is 1.25. The fourth-order valence-corrected chi connectivity index (χ4v) is 2.91. The van der Waals surface area contributed by atoms with E-state index in [-0.39, 0.29) is 18.4 Å². The first-order valence-corrected chi connectivity index (χ1v) is 7.83. The molecular formula is C13H20N4O3S. The Hall–Kier alpha value is -1.57. The van der Waals surface area contributed by atoms with Gasteiger partial charge in [0, 0.05) is 19.2 Å². The van der Waals surface area contributed by atoms with Crippen molar-refractivity contribution in [3.8, 4) is 0 Å². The van der Waals surface area contributed by atoms with Crippen LogP contribution >= 0.6 is 11.8 Å². The summed E-state index contributed by atoms with van der Waals surface area (Å²) >= 11 is 1.49. The van der Waals surface area contributed by atoms with Crippen molar-refractivity contribution in [2.24, 2.45) is 0 Å². The Balaban J connectivity index is 1.95. The van der Waals surface area contributed by atoms with Gasteiger partial charge in [0.25, 0.3) is 0 Å². The lowest BCUT2D eigenvalue weighted by Gasteiger charge is -2.34. The largest absolute Gasteiger partial charge is 0.423 e. The Labute approximate surface area is 127 Å². The molecule has 1 aromatic heterocycles. The van der Waals surface area contributed by atoms with Gasteiger partial charge in [0.2, 0.25) is 23.6 Å². The van der Waals surface area contributed by atoms with Crippen molar-refractivity contribution < 1.29 is 14.0 Å². The van der Waals surface area contributed by atoms with Gasteiger partial charge in [-0.3, -0.25) is 9.59 Å². The maximum absolute atomic E-state index is 12.3. The number of thioether (sulfide) groups is 1. The van der Waals surface area contributed by atoms with Crippen LogP contribution in [0.3, 0.4) is 0 Å². The average Bonchev–Trinajstić information content (AvgIpc) is 2.88. The minimum atomic E-state index is -0.505. The zero-order valence-electron chi connectivity index (χ0n) is 12.7. The van der Waals surface area contributed by atoms with Gasteiger partial charge in [-0.1, -0.05) is 6.92 Å². The van der Waals surface area contributed by atoms with Crippen LogP contribution in [0.2, 0.25) is 0 Å². The Morgan fingerprint density at radius 2 is 2.14 bits per heavy atom. The number of carbonyl (C=O) groups is 2. The quantitative estimate of drug-likeness (QED) is 0.876. The third-order valence-electron chi connectivity index (χ3n) is 3.32. The number of hydrogen-bond acceptors (Lipinski definition) is 6. The summed E-state index contributed by atoms with van der Waals surface area (Å²) < 4.78 is 4.90. The number of hydrogen-bond donors (Lipinski definition) is 1. The molecule has 0 aromatic carbocycles. The minimum Gasteiger partial charge on any atom is -0.423 e. The molecule has 1 aromatic rings. The Morgan fingerprint density at radius 1 is 1.48 bits per heavy atom. The second-order valence-corrected chi connectivity index (χ2v) is 7.13. The molecule has 1 saturated heterocycles. The normalized spacial score (nSPS) is 21.0. The zero-order valence-corrected chi connectivity index (χ0v) is 13.5. The van der Waals surface area contributed by atoms with E-state index in [1.807, 2.05) is 20.8 Å². The maximum Gasteiger partial charge on any atom is 0.246 e. The summed E-state index contributed by atoms with van der Waals surface area (Å²) in [6, 6.07) is -0.505. The van der Waals surface area contributed by atoms with Crippen LogP contribution in [0.1, 0.15) is 32.6 Å². The van der Waals surface area contributed by atoms with Crippen molar-refractivity contribution >= 4 is 23.6 Å². The van der Waals surface area contributed by atoms with Crippen LogP contribution in [-0.2, 0) is 22.6 Å². The first-order valence-electron chi connectivity index (χ1n) is 6.84. The first-order chi connectivity index (χ1) is 9.83. The molecule has 2 amide bonds. The van der Waals surface area contributed by atoms with Crippen LogP contribution in [-0.4, -0.2) is 50.5 Å². The molecule has 116 valence electrons. The topological polar surface area (TPSA) is 88.3 Å². The van der Waals surface area contributed by atoms with E-state index in [0.29, 0.717) is 24.0 Å². The zero-order chi connectivity index (χ0) is 15.6. The van der Waals surface area contributed by atoms with E-state index in [9.17, 15) is 9.59 Å². The molecule has 0 spiro atoms. The predicted octanol–water partition coefficient (Wildman–Crippen LogP) is 0.601. The SMILES string of the molecule is CCc1nnc(CN(C)C(=O)[C@@H]2CSC(C)(C)C(=O)N2)o1. The van der Waals surface area contributed by atoms with Crippen molar-refractivity contribution in [1.82, 2.24) is 20.4 Å². The molecule has 0 aliphatic carbocycles. The molecule has 8 heteroatoms. The molecule has 1 atom stereocenters. The van der Waals surface area contributed by atoms with Gasteiger partial charge in [0.05, 0.1) is 11.3 Å². The Bertz CT molecular complexity index is 543. The van der Waals surface area contributed by atoms with E-state index in [2.05, 4.69) is 15.5 Å². The van der Waals surface area contributed by atoms with E-state index in [0.717, 1.165) is 0 Å². The van der Waals surface area contributed by atoms with Crippen LogP contribution in [0.15, 0.2) is 4.42 Å². The van der Waals surface area contributed by atoms with Crippen molar-refractivity contribution in [2.45, 2.75) is 44.5 Å². The third-order valence-corrected chi connectivity index (χ3v) is 4.73. The number of aromatic nitrogens is 2. The van der Waals surface area contributed by atoms with Crippen LogP contribution in [0.25, 0.3) is 0 Å². The number of nitrogens with zero attached hydrogens (tertiary/aromatic N) is 3. The highest BCUT2D eigenvalue weighted by atomic mass is 32.2. The summed E-state index contributed by atoms with van der Waals surface area (Å²) in [6.07, 6.45) is 0.662. The Kier molecular flexibility index (Phi) is 4.55. The second kappa shape index (κ2) is 6.05. The molecule has 1 aliphatic heterocycles. The maximum atomic E-state index is 12.3. The van der Waals surface area contributed by atoms with Gasteiger partial charge in [0.15, 0.2) is 0 Å². The van der Waals surface area contributed by atoms with Crippen LogP contribution in [0.5, 0.6) is 0 Å². The van der Waals surface area contributed by atoms with Gasteiger partial charge in [-0.15, -0.1) is 22.0 Å². The van der Waals surface area contributed by atoms with Gasteiger partial charge < -0.3 is 14.6 Å². The molecule has 21 heavy (non-hydrogen) atoms. The molecule has 1 aliphatic rings. The number of rotatable bonds is 4. The molecule has 1 fully saturated rings. The standard InChI is InChI=1S/C13H20N4O3S/c1-5-9-15-16-10(20-9)6-17(4)11(18)8-7-21-13(2,3)12(19)14-8/h8H,5-7H2,1-4H3,(H,14,19)/t8-/m0/s1. The number of likely N-dealkylation sites (N-methyl/N-ethyl adjacent to an activating group) is 1. The fourth-order valence-electron chi connectivity index (χ4n) is 1.91. The molecule has 2 heterocycles. The molecule has 2 rings (SSSR count). The Morgan fingerprint density at radius 3 is 2.71 bits per heavy atom. The number of aryl methyl sites for hydroxylation is 1. The van der Waals surface area contributed by atoms with Gasteiger partial charge in [-0.25, -0.2) is 0 Å². The average molecular weight is 312 g/mol. The van der Waals surface area contributed by atoms with E-state index >= 15 is 0 Å². The fraction of sp³-hybridized carbons (Fsp3) is 0.692. The molecule has 1 N–H and O–H groups in total. The van der Waals surface area contributed by atoms with Crippen molar-refractivity contribution in [2.75, 3.05) is 12.8 Å².